The number of aliphatic imine (C=N–C) groups is 1. The average molecular weight is 400 g/mol. The van der Waals surface area contributed by atoms with Crippen LogP contribution >= 0.6 is 0 Å². The monoisotopic (exact) mass is 399 g/mol. The third-order valence-electron chi connectivity index (χ3n) is 5.41. The van der Waals surface area contributed by atoms with Crippen LogP contribution < -0.4 is 10.2 Å². The summed E-state index contributed by atoms with van der Waals surface area (Å²) in [7, 11) is 1.85. The highest BCUT2D eigenvalue weighted by atomic mass is 16.2. The van der Waals surface area contributed by atoms with E-state index in [1.54, 1.807) is 15.8 Å². The second-order valence-corrected chi connectivity index (χ2v) is 7.50. The van der Waals surface area contributed by atoms with Crippen LogP contribution in [-0.4, -0.2) is 67.5 Å². The van der Waals surface area contributed by atoms with Crippen molar-refractivity contribution in [3.8, 4) is 0 Å². The van der Waals surface area contributed by atoms with E-state index in [9.17, 15) is 4.79 Å². The van der Waals surface area contributed by atoms with E-state index >= 15 is 0 Å². The van der Waals surface area contributed by atoms with Crippen molar-refractivity contribution in [1.82, 2.24) is 34.8 Å². The first kappa shape index (κ1) is 19.4. The summed E-state index contributed by atoms with van der Waals surface area (Å²) in [5.74, 6) is 2.76. The number of carbonyl (C=O) groups is 1. The molecule has 1 fully saturated rings. The summed E-state index contributed by atoms with van der Waals surface area (Å²) in [5.41, 5.74) is 0.838. The third kappa shape index (κ3) is 4.25. The fourth-order valence-electron chi connectivity index (χ4n) is 3.91. The first-order chi connectivity index (χ1) is 14.2. The zero-order chi connectivity index (χ0) is 20.2. The Morgan fingerprint density at radius 3 is 2.86 bits per heavy atom. The molecule has 10 heteroatoms. The van der Waals surface area contributed by atoms with Crippen LogP contribution in [0.4, 0.5) is 5.69 Å². The van der Waals surface area contributed by atoms with Gasteiger partial charge in [0.1, 0.15) is 18.9 Å². The van der Waals surface area contributed by atoms with Crippen LogP contribution in [0.25, 0.3) is 0 Å². The van der Waals surface area contributed by atoms with Gasteiger partial charge < -0.3 is 19.7 Å². The SMILES string of the molecule is CCNC(=NCc1nnc2n1CCCCC2)N1CCN(c2cnn(C)c2)C(=O)C1. The smallest absolute Gasteiger partial charge is 0.246 e. The van der Waals surface area contributed by atoms with Crippen LogP contribution in [0.15, 0.2) is 17.4 Å². The van der Waals surface area contributed by atoms with Crippen molar-refractivity contribution < 1.29 is 4.79 Å². The molecule has 1 amide bonds. The molecule has 0 spiro atoms. The average Bonchev–Trinajstić information content (AvgIpc) is 3.23. The van der Waals surface area contributed by atoms with Gasteiger partial charge in [0.05, 0.1) is 11.9 Å². The van der Waals surface area contributed by atoms with Gasteiger partial charge in [0, 0.05) is 45.8 Å². The van der Waals surface area contributed by atoms with E-state index in [1.165, 1.54) is 12.8 Å². The molecule has 0 saturated carbocycles. The maximum Gasteiger partial charge on any atom is 0.246 e. The number of aromatic nitrogens is 5. The van der Waals surface area contributed by atoms with Gasteiger partial charge in [-0.2, -0.15) is 5.10 Å². The largest absolute Gasteiger partial charge is 0.356 e. The van der Waals surface area contributed by atoms with E-state index in [-0.39, 0.29) is 5.91 Å². The lowest BCUT2D eigenvalue weighted by Crippen LogP contribution is -2.55. The van der Waals surface area contributed by atoms with Crippen LogP contribution in [0.2, 0.25) is 0 Å². The lowest BCUT2D eigenvalue weighted by atomic mass is 10.2. The number of carbonyl (C=O) groups excluding carboxylic acids is 1. The Kier molecular flexibility index (Phi) is 5.77. The number of fused-ring (bicyclic) bond motifs is 1. The standard InChI is InChI=1S/C19H29N9O/c1-3-20-19(21-12-17-24-23-16-7-5-4-6-8-28(16)17)26-9-10-27(18(29)14-26)15-11-22-25(2)13-15/h11,13H,3-10,12,14H2,1-2H3,(H,20,21). The van der Waals surface area contributed by atoms with Crippen molar-refractivity contribution in [2.45, 2.75) is 45.7 Å². The molecule has 0 radical (unpaired) electrons. The van der Waals surface area contributed by atoms with Crippen molar-refractivity contribution in [2.75, 3.05) is 31.1 Å². The molecule has 1 saturated heterocycles. The zero-order valence-corrected chi connectivity index (χ0v) is 17.2. The second kappa shape index (κ2) is 8.62. The third-order valence-corrected chi connectivity index (χ3v) is 5.41. The first-order valence-electron chi connectivity index (χ1n) is 10.4. The molecule has 0 unspecified atom stereocenters. The van der Waals surface area contributed by atoms with Gasteiger partial charge in [-0.3, -0.25) is 9.48 Å². The predicted octanol–water partition coefficient (Wildman–Crippen LogP) is 0.552. The number of guanidine groups is 1. The molecule has 29 heavy (non-hydrogen) atoms. The fraction of sp³-hybridized carbons (Fsp3) is 0.632. The Morgan fingerprint density at radius 2 is 2.10 bits per heavy atom. The van der Waals surface area contributed by atoms with E-state index in [4.69, 9.17) is 4.99 Å². The van der Waals surface area contributed by atoms with Crippen molar-refractivity contribution in [1.29, 1.82) is 0 Å². The molecule has 156 valence electrons. The normalized spacial score (nSPS) is 18.0. The molecule has 2 aromatic rings. The number of amides is 1. The summed E-state index contributed by atoms with van der Waals surface area (Å²) in [6, 6.07) is 0. The van der Waals surface area contributed by atoms with E-state index < -0.39 is 0 Å². The summed E-state index contributed by atoms with van der Waals surface area (Å²) in [6.45, 7) is 5.82. The van der Waals surface area contributed by atoms with Gasteiger partial charge in [0.25, 0.3) is 0 Å². The number of nitrogens with zero attached hydrogens (tertiary/aromatic N) is 8. The van der Waals surface area contributed by atoms with Gasteiger partial charge in [0.2, 0.25) is 5.91 Å². The minimum Gasteiger partial charge on any atom is -0.356 e. The molecule has 4 heterocycles. The summed E-state index contributed by atoms with van der Waals surface area (Å²) in [4.78, 5) is 21.3. The van der Waals surface area contributed by atoms with Gasteiger partial charge in [-0.15, -0.1) is 10.2 Å². The minimum atomic E-state index is 0.0474. The number of piperazine rings is 1. The van der Waals surface area contributed by atoms with E-state index in [1.807, 2.05) is 25.1 Å². The van der Waals surface area contributed by atoms with Crippen molar-refractivity contribution >= 4 is 17.6 Å². The van der Waals surface area contributed by atoms with E-state index in [0.29, 0.717) is 26.2 Å². The minimum absolute atomic E-state index is 0.0474. The molecule has 4 rings (SSSR count). The Hall–Kier alpha value is -2.91. The van der Waals surface area contributed by atoms with Crippen LogP contribution in [0.3, 0.4) is 0 Å². The number of anilines is 1. The molecule has 1 N–H and O–H groups in total. The second-order valence-electron chi connectivity index (χ2n) is 7.50. The highest BCUT2D eigenvalue weighted by Crippen LogP contribution is 2.17. The quantitative estimate of drug-likeness (QED) is 0.596. The van der Waals surface area contributed by atoms with E-state index in [2.05, 4.69) is 25.2 Å². The molecule has 2 aliphatic heterocycles. The lowest BCUT2D eigenvalue weighted by molar-refractivity contribution is -0.120. The van der Waals surface area contributed by atoms with Crippen LogP contribution in [0.5, 0.6) is 0 Å². The van der Waals surface area contributed by atoms with Crippen molar-refractivity contribution in [2.24, 2.45) is 12.0 Å². The molecule has 10 nitrogen and oxygen atoms in total. The number of hydrogen-bond donors (Lipinski definition) is 1. The molecule has 0 aromatic carbocycles. The van der Waals surface area contributed by atoms with Gasteiger partial charge in [0.15, 0.2) is 11.8 Å². The van der Waals surface area contributed by atoms with Crippen LogP contribution in [0.1, 0.15) is 37.8 Å². The van der Waals surface area contributed by atoms with Crippen LogP contribution in [0, 0.1) is 0 Å². The molecule has 0 atom stereocenters. The molecular formula is C19H29N9O. The Labute approximate surface area is 170 Å². The Bertz CT molecular complexity index is 884. The number of hydrogen-bond acceptors (Lipinski definition) is 5. The molecule has 2 aliphatic rings. The summed E-state index contributed by atoms with van der Waals surface area (Å²) in [6.07, 6.45) is 8.15. The van der Waals surface area contributed by atoms with Gasteiger partial charge in [-0.1, -0.05) is 6.42 Å². The maximum absolute atomic E-state index is 12.7. The lowest BCUT2D eigenvalue weighted by Gasteiger charge is -2.35. The topological polar surface area (TPSA) is 96.5 Å². The van der Waals surface area contributed by atoms with Gasteiger partial charge in [-0.25, -0.2) is 4.99 Å². The highest BCUT2D eigenvalue weighted by molar-refractivity contribution is 5.98. The number of nitrogens with one attached hydrogen (secondary N) is 1. The number of rotatable bonds is 4. The van der Waals surface area contributed by atoms with Gasteiger partial charge in [-0.05, 0) is 19.8 Å². The maximum atomic E-state index is 12.7. The molecule has 2 aromatic heterocycles. The Morgan fingerprint density at radius 1 is 1.21 bits per heavy atom. The Balaban J connectivity index is 1.45. The predicted molar refractivity (Wildman–Crippen MR) is 110 cm³/mol. The van der Waals surface area contributed by atoms with Crippen molar-refractivity contribution in [3.05, 3.63) is 24.0 Å². The summed E-state index contributed by atoms with van der Waals surface area (Å²) >= 11 is 0. The van der Waals surface area contributed by atoms with Crippen LogP contribution in [-0.2, 0) is 31.4 Å². The van der Waals surface area contributed by atoms with Gasteiger partial charge >= 0.3 is 0 Å². The highest BCUT2D eigenvalue weighted by Gasteiger charge is 2.27. The number of aryl methyl sites for hydroxylation is 2. The molecule has 0 aliphatic carbocycles. The fourth-order valence-corrected chi connectivity index (χ4v) is 3.91. The first-order valence-corrected chi connectivity index (χ1v) is 10.4. The summed E-state index contributed by atoms with van der Waals surface area (Å²) < 4.78 is 3.92. The molecular weight excluding hydrogens is 370 g/mol. The van der Waals surface area contributed by atoms with E-state index in [0.717, 1.165) is 49.2 Å². The van der Waals surface area contributed by atoms with Crippen molar-refractivity contribution in [3.63, 3.8) is 0 Å². The zero-order valence-electron chi connectivity index (χ0n) is 17.2. The molecule has 0 bridgehead atoms. The summed E-state index contributed by atoms with van der Waals surface area (Å²) in [5, 5.41) is 16.2.